The topological polar surface area (TPSA) is 56.5 Å². The lowest BCUT2D eigenvalue weighted by molar-refractivity contribution is 0.0806. The van der Waals surface area contributed by atoms with E-state index in [4.69, 9.17) is 14.5 Å². The van der Waals surface area contributed by atoms with Crippen LogP contribution in [0.1, 0.15) is 24.8 Å². The molecular weight excluding hydrogens is 316 g/mol. The highest BCUT2D eigenvalue weighted by molar-refractivity contribution is 5.76. The highest BCUT2D eigenvalue weighted by Gasteiger charge is 2.25. The number of aliphatic hydroxyl groups excluding tert-OH is 1. The van der Waals surface area contributed by atoms with Gasteiger partial charge in [-0.25, -0.2) is 4.98 Å². The molecule has 1 aliphatic heterocycles. The molecule has 0 saturated carbocycles. The average molecular weight is 338 g/mol. The maximum atomic E-state index is 10.5. The van der Waals surface area contributed by atoms with Crippen LogP contribution in [0, 0.1) is 0 Å². The first kappa shape index (κ1) is 16.1. The summed E-state index contributed by atoms with van der Waals surface area (Å²) in [5, 5.41) is 10.5. The molecule has 0 bridgehead atoms. The molecule has 0 aliphatic carbocycles. The van der Waals surface area contributed by atoms with Gasteiger partial charge in [0.2, 0.25) is 0 Å². The normalized spacial score (nSPS) is 18.5. The van der Waals surface area contributed by atoms with E-state index in [0.717, 1.165) is 42.1 Å². The third kappa shape index (κ3) is 3.52. The standard InChI is InChI=1S/C20H22N2O3/c23-15(14-25-16-7-2-1-3-8-16)13-22-18-10-5-4-9-17(18)21-20(22)19-11-6-12-24-19/h1-5,7-10,15,19,23H,6,11-14H2/t15-,19-/m1/s1. The number of imidazole rings is 1. The van der Waals surface area contributed by atoms with Crippen molar-refractivity contribution in [2.75, 3.05) is 13.2 Å². The lowest BCUT2D eigenvalue weighted by Gasteiger charge is -2.17. The van der Waals surface area contributed by atoms with Gasteiger partial charge in [0.1, 0.15) is 30.4 Å². The molecule has 5 heteroatoms. The highest BCUT2D eigenvalue weighted by atomic mass is 16.5. The molecule has 1 N–H and O–H groups in total. The lowest BCUT2D eigenvalue weighted by atomic mass is 10.2. The van der Waals surface area contributed by atoms with Gasteiger partial charge in [-0.1, -0.05) is 30.3 Å². The summed E-state index contributed by atoms with van der Waals surface area (Å²) in [6.45, 7) is 1.44. The predicted octanol–water partition coefficient (Wildman–Crippen LogP) is 3.33. The number of ether oxygens (including phenoxy) is 2. The van der Waals surface area contributed by atoms with E-state index < -0.39 is 6.10 Å². The summed E-state index contributed by atoms with van der Waals surface area (Å²) < 4.78 is 13.6. The van der Waals surface area contributed by atoms with Crippen LogP contribution in [0.4, 0.5) is 0 Å². The lowest BCUT2D eigenvalue weighted by Crippen LogP contribution is -2.25. The molecule has 0 spiro atoms. The van der Waals surface area contributed by atoms with Gasteiger partial charge in [-0.05, 0) is 37.1 Å². The third-order valence-corrected chi connectivity index (χ3v) is 4.48. The van der Waals surface area contributed by atoms with Gasteiger partial charge in [0.15, 0.2) is 0 Å². The molecular formula is C20H22N2O3. The molecule has 5 nitrogen and oxygen atoms in total. The van der Waals surface area contributed by atoms with Crippen LogP contribution < -0.4 is 4.74 Å². The highest BCUT2D eigenvalue weighted by Crippen LogP contribution is 2.30. The summed E-state index contributed by atoms with van der Waals surface area (Å²) >= 11 is 0. The van der Waals surface area contributed by atoms with Crippen LogP contribution in [0.3, 0.4) is 0 Å². The van der Waals surface area contributed by atoms with Crippen molar-refractivity contribution in [1.82, 2.24) is 9.55 Å². The monoisotopic (exact) mass is 338 g/mol. The fourth-order valence-electron chi connectivity index (χ4n) is 3.29. The minimum absolute atomic E-state index is 0.00893. The van der Waals surface area contributed by atoms with Crippen molar-refractivity contribution in [3.05, 3.63) is 60.4 Å². The first-order valence-electron chi connectivity index (χ1n) is 8.74. The predicted molar refractivity (Wildman–Crippen MR) is 95.6 cm³/mol. The summed E-state index contributed by atoms with van der Waals surface area (Å²) in [7, 11) is 0. The molecule has 1 aliphatic rings. The molecule has 130 valence electrons. The summed E-state index contributed by atoms with van der Waals surface area (Å²) in [5.74, 6) is 1.66. The molecule has 0 amide bonds. The Morgan fingerprint density at radius 3 is 2.76 bits per heavy atom. The number of hydrogen-bond acceptors (Lipinski definition) is 4. The van der Waals surface area contributed by atoms with Gasteiger partial charge in [-0.2, -0.15) is 0 Å². The van der Waals surface area contributed by atoms with E-state index in [0.29, 0.717) is 6.54 Å². The van der Waals surface area contributed by atoms with Crippen molar-refractivity contribution in [2.45, 2.75) is 31.6 Å². The minimum atomic E-state index is -0.627. The largest absolute Gasteiger partial charge is 0.491 e. The van der Waals surface area contributed by atoms with E-state index in [-0.39, 0.29) is 12.7 Å². The fraction of sp³-hybridized carbons (Fsp3) is 0.350. The summed E-state index contributed by atoms with van der Waals surface area (Å²) in [6, 6.07) is 17.5. The van der Waals surface area contributed by atoms with E-state index >= 15 is 0 Å². The first-order chi connectivity index (χ1) is 12.3. The Morgan fingerprint density at radius 2 is 1.96 bits per heavy atom. The molecule has 0 unspecified atom stereocenters. The van der Waals surface area contributed by atoms with Gasteiger partial charge in [-0.3, -0.25) is 0 Å². The van der Waals surface area contributed by atoms with Crippen LogP contribution in [-0.4, -0.2) is 34.0 Å². The van der Waals surface area contributed by atoms with Crippen LogP contribution in [0.2, 0.25) is 0 Å². The van der Waals surface area contributed by atoms with Gasteiger partial charge in [-0.15, -0.1) is 0 Å². The van der Waals surface area contributed by atoms with Crippen LogP contribution in [-0.2, 0) is 11.3 Å². The number of aliphatic hydroxyl groups is 1. The molecule has 3 aromatic rings. The molecule has 0 radical (unpaired) electrons. The molecule has 2 aromatic carbocycles. The summed E-state index contributed by atoms with van der Waals surface area (Å²) in [5.41, 5.74) is 1.95. The minimum Gasteiger partial charge on any atom is -0.491 e. The second-order valence-corrected chi connectivity index (χ2v) is 6.35. The quantitative estimate of drug-likeness (QED) is 0.749. The summed E-state index contributed by atoms with van der Waals surface area (Å²) in [6.07, 6.45) is 1.40. The zero-order valence-electron chi connectivity index (χ0n) is 14.0. The zero-order chi connectivity index (χ0) is 17.1. The van der Waals surface area contributed by atoms with Gasteiger partial charge in [0.25, 0.3) is 0 Å². The van der Waals surface area contributed by atoms with Crippen molar-refractivity contribution in [3.8, 4) is 5.75 Å². The molecule has 4 rings (SSSR count). The Kier molecular flexibility index (Phi) is 4.68. The van der Waals surface area contributed by atoms with E-state index in [2.05, 4.69) is 4.57 Å². The van der Waals surface area contributed by atoms with Crippen molar-refractivity contribution in [3.63, 3.8) is 0 Å². The van der Waals surface area contributed by atoms with E-state index in [1.54, 1.807) is 0 Å². The van der Waals surface area contributed by atoms with Gasteiger partial charge in [0, 0.05) is 6.61 Å². The van der Waals surface area contributed by atoms with Crippen LogP contribution in [0.15, 0.2) is 54.6 Å². The Balaban J connectivity index is 1.54. The first-order valence-corrected chi connectivity index (χ1v) is 8.74. The van der Waals surface area contributed by atoms with Gasteiger partial charge >= 0.3 is 0 Å². The molecule has 1 fully saturated rings. The SMILES string of the molecule is O[C@@H](COc1ccccc1)Cn1c([C@H]2CCCO2)nc2ccccc21. The van der Waals surface area contributed by atoms with Crippen molar-refractivity contribution >= 4 is 11.0 Å². The number of rotatable bonds is 6. The molecule has 1 aromatic heterocycles. The Labute approximate surface area is 146 Å². The molecule has 1 saturated heterocycles. The number of aromatic nitrogens is 2. The zero-order valence-corrected chi connectivity index (χ0v) is 14.0. The fourth-order valence-corrected chi connectivity index (χ4v) is 3.29. The molecule has 25 heavy (non-hydrogen) atoms. The van der Waals surface area contributed by atoms with E-state index in [9.17, 15) is 5.11 Å². The average Bonchev–Trinajstić information content (AvgIpc) is 3.29. The second-order valence-electron chi connectivity index (χ2n) is 6.35. The maximum absolute atomic E-state index is 10.5. The number of nitrogens with zero attached hydrogens (tertiary/aromatic N) is 2. The number of benzene rings is 2. The number of para-hydroxylation sites is 3. The Morgan fingerprint density at radius 1 is 1.16 bits per heavy atom. The van der Waals surface area contributed by atoms with Crippen LogP contribution in [0.5, 0.6) is 5.75 Å². The van der Waals surface area contributed by atoms with E-state index in [1.807, 2.05) is 54.6 Å². The summed E-state index contributed by atoms with van der Waals surface area (Å²) in [4.78, 5) is 4.75. The van der Waals surface area contributed by atoms with Crippen molar-refractivity contribution in [2.24, 2.45) is 0 Å². The van der Waals surface area contributed by atoms with Crippen molar-refractivity contribution < 1.29 is 14.6 Å². The maximum Gasteiger partial charge on any atom is 0.139 e. The number of hydrogen-bond donors (Lipinski definition) is 1. The van der Waals surface area contributed by atoms with E-state index in [1.165, 1.54) is 0 Å². The molecule has 2 atom stereocenters. The third-order valence-electron chi connectivity index (χ3n) is 4.48. The Hall–Kier alpha value is -2.37. The second kappa shape index (κ2) is 7.25. The molecule has 2 heterocycles. The van der Waals surface area contributed by atoms with Crippen LogP contribution >= 0.6 is 0 Å². The van der Waals surface area contributed by atoms with Crippen molar-refractivity contribution in [1.29, 1.82) is 0 Å². The smallest absolute Gasteiger partial charge is 0.139 e. The van der Waals surface area contributed by atoms with Gasteiger partial charge in [0.05, 0.1) is 17.6 Å². The van der Waals surface area contributed by atoms with Gasteiger partial charge < -0.3 is 19.1 Å². The Bertz CT molecular complexity index is 825. The van der Waals surface area contributed by atoms with Crippen LogP contribution in [0.25, 0.3) is 11.0 Å². The number of fused-ring (bicyclic) bond motifs is 1.